The predicted octanol–water partition coefficient (Wildman–Crippen LogP) is 2.79. The standard InChI is InChI=1S/C21H28ClN5O3/c1-13(23)17-24-15-7-5-6-14(22)16(15)18(28)27(17)25-10-11-26(21(12-25)8-9-21)19(29)30-20(2,3)4/h5-7,13H,8-12,23H2,1-4H3. The number of carbonyl (C=O) groups is 1. The SMILES string of the molecule is CC(N)c1nc2cccc(Cl)c2c(=O)n1N1CCN(C(=O)OC(C)(C)C)C2(CC2)C1. The monoisotopic (exact) mass is 433 g/mol. The molecule has 2 fully saturated rings. The number of fused-ring (bicyclic) bond motifs is 1. The van der Waals surface area contributed by atoms with Crippen LogP contribution in [-0.4, -0.2) is 51.4 Å². The molecular formula is C21H28ClN5O3. The highest BCUT2D eigenvalue weighted by atomic mass is 35.5. The lowest BCUT2D eigenvalue weighted by atomic mass is 10.1. The largest absolute Gasteiger partial charge is 0.444 e. The second-order valence-corrected chi connectivity index (χ2v) is 9.66. The number of nitrogens with zero attached hydrogens (tertiary/aromatic N) is 4. The van der Waals surface area contributed by atoms with Crippen LogP contribution in [0.4, 0.5) is 4.79 Å². The van der Waals surface area contributed by atoms with Gasteiger partial charge >= 0.3 is 6.09 Å². The third kappa shape index (κ3) is 3.63. The van der Waals surface area contributed by atoms with Crippen molar-refractivity contribution >= 4 is 28.6 Å². The molecule has 1 saturated carbocycles. The van der Waals surface area contributed by atoms with Gasteiger partial charge in [0, 0.05) is 6.54 Å². The highest BCUT2D eigenvalue weighted by Gasteiger charge is 2.54. The van der Waals surface area contributed by atoms with Crippen molar-refractivity contribution < 1.29 is 9.53 Å². The van der Waals surface area contributed by atoms with Crippen molar-refractivity contribution in [1.29, 1.82) is 0 Å². The van der Waals surface area contributed by atoms with E-state index in [0.29, 0.717) is 41.4 Å². The van der Waals surface area contributed by atoms with Crippen LogP contribution in [0.15, 0.2) is 23.0 Å². The first-order chi connectivity index (χ1) is 14.0. The van der Waals surface area contributed by atoms with E-state index in [1.807, 2.05) is 30.7 Å². The van der Waals surface area contributed by atoms with Crippen molar-refractivity contribution in [2.24, 2.45) is 5.73 Å². The number of rotatable bonds is 2. The molecule has 1 aromatic carbocycles. The number of aromatic nitrogens is 2. The van der Waals surface area contributed by atoms with Crippen LogP contribution in [0.3, 0.4) is 0 Å². The number of ether oxygens (including phenoxy) is 1. The van der Waals surface area contributed by atoms with Gasteiger partial charge in [-0.2, -0.15) is 0 Å². The van der Waals surface area contributed by atoms with Gasteiger partial charge in [-0.3, -0.25) is 9.69 Å². The van der Waals surface area contributed by atoms with Gasteiger partial charge < -0.3 is 15.5 Å². The normalized spacial score (nSPS) is 19.3. The van der Waals surface area contributed by atoms with E-state index < -0.39 is 11.6 Å². The molecule has 0 radical (unpaired) electrons. The van der Waals surface area contributed by atoms with Crippen molar-refractivity contribution in [2.75, 3.05) is 24.6 Å². The van der Waals surface area contributed by atoms with Crippen LogP contribution in [0, 0.1) is 0 Å². The van der Waals surface area contributed by atoms with Crippen LogP contribution >= 0.6 is 11.6 Å². The van der Waals surface area contributed by atoms with Crippen LogP contribution in [0.25, 0.3) is 10.9 Å². The number of carbonyl (C=O) groups excluding carboxylic acids is 1. The molecule has 0 bridgehead atoms. The van der Waals surface area contributed by atoms with Gasteiger partial charge in [0.1, 0.15) is 11.4 Å². The van der Waals surface area contributed by atoms with E-state index in [1.54, 1.807) is 29.8 Å². The van der Waals surface area contributed by atoms with Crippen LogP contribution in [0.2, 0.25) is 5.02 Å². The van der Waals surface area contributed by atoms with Gasteiger partial charge in [-0.25, -0.2) is 14.5 Å². The van der Waals surface area contributed by atoms with Crippen LogP contribution < -0.4 is 16.3 Å². The number of piperazine rings is 1. The molecule has 30 heavy (non-hydrogen) atoms. The molecule has 1 unspecified atom stereocenters. The van der Waals surface area contributed by atoms with Gasteiger partial charge in [-0.15, -0.1) is 0 Å². The summed E-state index contributed by atoms with van der Waals surface area (Å²) in [5.74, 6) is 0.483. The highest BCUT2D eigenvalue weighted by molar-refractivity contribution is 6.35. The second kappa shape index (κ2) is 7.13. The molecule has 9 heteroatoms. The first-order valence-corrected chi connectivity index (χ1v) is 10.6. The number of nitrogens with two attached hydrogens (primary N) is 1. The first-order valence-electron chi connectivity index (χ1n) is 10.2. The van der Waals surface area contributed by atoms with E-state index in [-0.39, 0.29) is 17.2 Å². The van der Waals surface area contributed by atoms with Crippen LogP contribution in [0.1, 0.15) is 52.4 Å². The maximum Gasteiger partial charge on any atom is 0.410 e. The Labute approximate surface area is 180 Å². The highest BCUT2D eigenvalue weighted by Crippen LogP contribution is 2.44. The van der Waals surface area contributed by atoms with Crippen molar-refractivity contribution in [2.45, 2.75) is 57.7 Å². The average molecular weight is 434 g/mol. The lowest BCUT2D eigenvalue weighted by Crippen LogP contribution is -2.62. The molecule has 2 aromatic rings. The molecule has 162 valence electrons. The van der Waals surface area contributed by atoms with Crippen molar-refractivity contribution in [3.8, 4) is 0 Å². The molecule has 1 saturated heterocycles. The van der Waals surface area contributed by atoms with Crippen molar-refractivity contribution in [3.63, 3.8) is 0 Å². The minimum Gasteiger partial charge on any atom is -0.444 e. The number of benzene rings is 1. The Morgan fingerprint density at radius 2 is 2.00 bits per heavy atom. The zero-order valence-corrected chi connectivity index (χ0v) is 18.6. The Bertz CT molecular complexity index is 1060. The maximum atomic E-state index is 13.4. The molecule has 4 rings (SSSR count). The summed E-state index contributed by atoms with van der Waals surface area (Å²) in [7, 11) is 0. The summed E-state index contributed by atoms with van der Waals surface area (Å²) < 4.78 is 7.16. The summed E-state index contributed by atoms with van der Waals surface area (Å²) in [6, 6.07) is 4.78. The second-order valence-electron chi connectivity index (χ2n) is 9.25. The fourth-order valence-corrected chi connectivity index (χ4v) is 4.32. The molecule has 1 atom stereocenters. The molecule has 1 aliphatic carbocycles. The van der Waals surface area contributed by atoms with Crippen molar-refractivity contribution in [1.82, 2.24) is 14.6 Å². The van der Waals surface area contributed by atoms with Crippen LogP contribution in [0.5, 0.6) is 0 Å². The Balaban J connectivity index is 1.72. The van der Waals surface area contributed by atoms with E-state index in [1.165, 1.54) is 0 Å². The zero-order chi connectivity index (χ0) is 21.8. The van der Waals surface area contributed by atoms with E-state index >= 15 is 0 Å². The van der Waals surface area contributed by atoms with Gasteiger partial charge in [-0.1, -0.05) is 17.7 Å². The summed E-state index contributed by atoms with van der Waals surface area (Å²) in [5, 5.41) is 2.69. The molecule has 2 N–H and O–H groups in total. The maximum absolute atomic E-state index is 13.4. The van der Waals surface area contributed by atoms with E-state index in [2.05, 4.69) is 4.98 Å². The Kier molecular flexibility index (Phi) is 4.97. The molecule has 1 aliphatic heterocycles. The topological polar surface area (TPSA) is 93.7 Å². The summed E-state index contributed by atoms with van der Waals surface area (Å²) in [4.78, 5) is 32.6. The Morgan fingerprint density at radius 3 is 2.60 bits per heavy atom. The zero-order valence-electron chi connectivity index (χ0n) is 17.8. The molecule has 1 spiro atoms. The lowest BCUT2D eigenvalue weighted by molar-refractivity contribution is 0.00892. The summed E-state index contributed by atoms with van der Waals surface area (Å²) in [5.41, 5.74) is 5.59. The molecule has 2 aliphatic rings. The fourth-order valence-electron chi connectivity index (χ4n) is 4.07. The minimum atomic E-state index is -0.553. The summed E-state index contributed by atoms with van der Waals surface area (Å²) >= 11 is 6.33. The number of hydrogen-bond acceptors (Lipinski definition) is 6. The van der Waals surface area contributed by atoms with Gasteiger partial charge in [0.05, 0.1) is 40.6 Å². The smallest absolute Gasteiger partial charge is 0.410 e. The molecule has 1 aromatic heterocycles. The Morgan fingerprint density at radius 1 is 1.30 bits per heavy atom. The number of halogens is 1. The van der Waals surface area contributed by atoms with Gasteiger partial charge in [0.15, 0.2) is 0 Å². The molecular weight excluding hydrogens is 406 g/mol. The van der Waals surface area contributed by atoms with E-state index in [4.69, 9.17) is 22.1 Å². The number of amides is 1. The van der Waals surface area contributed by atoms with Gasteiger partial charge in [0.25, 0.3) is 5.56 Å². The van der Waals surface area contributed by atoms with Crippen LogP contribution in [-0.2, 0) is 4.74 Å². The van der Waals surface area contributed by atoms with Gasteiger partial charge in [0.2, 0.25) is 0 Å². The summed E-state index contributed by atoms with van der Waals surface area (Å²) in [6.45, 7) is 8.83. The third-order valence-corrected chi connectivity index (χ3v) is 5.93. The average Bonchev–Trinajstić information content (AvgIpc) is 3.38. The molecule has 8 nitrogen and oxygen atoms in total. The minimum absolute atomic E-state index is 0.237. The molecule has 2 heterocycles. The molecule has 1 amide bonds. The fraction of sp³-hybridized carbons (Fsp3) is 0.571. The third-order valence-electron chi connectivity index (χ3n) is 5.61. The quantitative estimate of drug-likeness (QED) is 0.782. The lowest BCUT2D eigenvalue weighted by Gasteiger charge is -2.44. The van der Waals surface area contributed by atoms with E-state index in [0.717, 1.165) is 12.8 Å². The summed E-state index contributed by atoms with van der Waals surface area (Å²) in [6.07, 6.45) is 1.43. The van der Waals surface area contributed by atoms with E-state index in [9.17, 15) is 9.59 Å². The van der Waals surface area contributed by atoms with Crippen molar-refractivity contribution in [3.05, 3.63) is 39.4 Å². The predicted molar refractivity (Wildman–Crippen MR) is 116 cm³/mol. The first kappa shape index (κ1) is 20.9. The Hall–Kier alpha value is -2.32. The number of hydrogen-bond donors (Lipinski definition) is 1. The van der Waals surface area contributed by atoms with Gasteiger partial charge in [-0.05, 0) is 52.7 Å².